The van der Waals surface area contributed by atoms with E-state index in [1.54, 1.807) is 0 Å². The molecular weight excluding hydrogens is 297 g/mol. The van der Waals surface area contributed by atoms with Crippen LogP contribution < -0.4 is 23.5 Å². The smallest absolute Gasteiger partial charge is 1.00 e. The van der Waals surface area contributed by atoms with Crippen molar-refractivity contribution in [2.24, 2.45) is 10.7 Å². The van der Waals surface area contributed by atoms with Gasteiger partial charge in [-0.3, -0.25) is 0 Å². The average Bonchev–Trinajstić information content (AvgIpc) is 2.31. The van der Waals surface area contributed by atoms with Gasteiger partial charge in [-0.1, -0.05) is 36.4 Å². The Morgan fingerprint density at radius 1 is 0.889 bits per heavy atom. The first-order chi connectivity index (χ1) is 7.84. The number of para-hydroxylation sites is 2. The van der Waals surface area contributed by atoms with Gasteiger partial charge >= 0.3 is 17.1 Å². The Balaban J connectivity index is 0.00000144. The summed E-state index contributed by atoms with van der Waals surface area (Å²) in [6.07, 6.45) is 0. The van der Waals surface area contributed by atoms with Crippen molar-refractivity contribution < 1.29 is 29.5 Å². The second-order valence-electron chi connectivity index (χ2n) is 3.32. The fourth-order valence-electron chi connectivity index (χ4n) is 1.34. The summed E-state index contributed by atoms with van der Waals surface area (Å²) in [7, 11) is 0. The van der Waals surface area contributed by atoms with E-state index in [1.165, 1.54) is 0 Å². The van der Waals surface area contributed by atoms with E-state index >= 15 is 0 Å². The van der Waals surface area contributed by atoms with E-state index in [-0.39, 0.29) is 29.5 Å². The second kappa shape index (κ2) is 8.59. The molecule has 0 aliphatic rings. The molecule has 3 nitrogen and oxygen atoms in total. The molecule has 0 spiro atoms. The zero-order valence-electron chi connectivity index (χ0n) is 9.48. The zero-order valence-corrected chi connectivity index (χ0v) is 11.2. The Kier molecular flexibility index (Phi) is 7.88. The monoisotopic (exact) mass is 309 g/mol. The van der Waals surface area contributed by atoms with E-state index < -0.39 is 0 Å². The summed E-state index contributed by atoms with van der Waals surface area (Å²) >= 11 is 0. The molecule has 0 aliphatic heterocycles. The quantitative estimate of drug-likeness (QED) is 0.456. The van der Waals surface area contributed by atoms with Gasteiger partial charge in [-0.2, -0.15) is 0 Å². The van der Waals surface area contributed by atoms with Crippen LogP contribution in [0.4, 0.5) is 11.4 Å². The molecule has 2 aromatic carbocycles. The fourth-order valence-corrected chi connectivity index (χ4v) is 1.34. The summed E-state index contributed by atoms with van der Waals surface area (Å²) < 4.78 is 0. The second-order valence-corrected chi connectivity index (χ2v) is 3.32. The standard InChI is InChI=1S/C13H13N3.ClH.Cu/c14-13(15-11-7-3-1-4-8-11)16-12-9-5-2-6-10-12;;/h1-10H,(H3,14,15,16);1H;/q;;+1/p-1. The molecule has 0 saturated carbocycles. The number of nitrogens with two attached hydrogens (primary N) is 1. The summed E-state index contributed by atoms with van der Waals surface area (Å²) in [6.45, 7) is 0. The van der Waals surface area contributed by atoms with E-state index in [0.717, 1.165) is 11.4 Å². The van der Waals surface area contributed by atoms with Crippen LogP contribution >= 0.6 is 0 Å². The Morgan fingerprint density at radius 2 is 1.39 bits per heavy atom. The number of hydrogen-bond donors (Lipinski definition) is 2. The number of benzene rings is 2. The van der Waals surface area contributed by atoms with Gasteiger partial charge in [0.05, 0.1) is 5.69 Å². The van der Waals surface area contributed by atoms with Gasteiger partial charge in [0, 0.05) is 5.69 Å². The van der Waals surface area contributed by atoms with Gasteiger partial charge in [0.2, 0.25) is 0 Å². The van der Waals surface area contributed by atoms with Gasteiger partial charge in [-0.25, -0.2) is 4.99 Å². The number of nitrogens with zero attached hydrogens (tertiary/aromatic N) is 1. The van der Waals surface area contributed by atoms with Gasteiger partial charge in [-0.15, -0.1) is 0 Å². The molecule has 18 heavy (non-hydrogen) atoms. The van der Waals surface area contributed by atoms with Crippen molar-refractivity contribution in [3.8, 4) is 0 Å². The molecule has 0 unspecified atom stereocenters. The first-order valence-corrected chi connectivity index (χ1v) is 5.06. The minimum Gasteiger partial charge on any atom is -1.00 e. The molecule has 0 saturated heterocycles. The minimum absolute atomic E-state index is 0. The van der Waals surface area contributed by atoms with E-state index in [1.807, 2.05) is 60.7 Å². The summed E-state index contributed by atoms with van der Waals surface area (Å²) in [6, 6.07) is 19.3. The predicted octanol–water partition coefficient (Wildman–Crippen LogP) is -0.254. The van der Waals surface area contributed by atoms with Crippen LogP contribution in [0.5, 0.6) is 0 Å². The van der Waals surface area contributed by atoms with Crippen LogP contribution in [-0.2, 0) is 17.1 Å². The molecule has 5 heteroatoms. The first kappa shape index (κ1) is 16.5. The number of nitrogens with one attached hydrogen (secondary N) is 1. The van der Waals surface area contributed by atoms with Crippen LogP contribution in [0.1, 0.15) is 0 Å². The number of aliphatic imine (C=N–C) groups is 1. The van der Waals surface area contributed by atoms with Gasteiger partial charge in [-0.05, 0) is 24.3 Å². The van der Waals surface area contributed by atoms with Crippen molar-refractivity contribution in [3.05, 3.63) is 60.7 Å². The maximum atomic E-state index is 5.78. The van der Waals surface area contributed by atoms with Crippen LogP contribution in [0.3, 0.4) is 0 Å². The Labute approximate surface area is 123 Å². The third kappa shape index (κ3) is 5.23. The summed E-state index contributed by atoms with van der Waals surface area (Å²) in [5.74, 6) is 0.386. The minimum atomic E-state index is 0. The number of rotatable bonds is 2. The van der Waals surface area contributed by atoms with Crippen molar-refractivity contribution in [3.63, 3.8) is 0 Å². The normalized spacial score (nSPS) is 9.89. The Morgan fingerprint density at radius 3 is 1.94 bits per heavy atom. The summed E-state index contributed by atoms with van der Waals surface area (Å²) in [5.41, 5.74) is 7.54. The topological polar surface area (TPSA) is 50.4 Å². The van der Waals surface area contributed by atoms with Crippen LogP contribution in [0.25, 0.3) is 0 Å². The maximum Gasteiger partial charge on any atom is 1.00 e. The van der Waals surface area contributed by atoms with Crippen molar-refractivity contribution in [2.75, 3.05) is 5.32 Å². The molecule has 0 radical (unpaired) electrons. The van der Waals surface area contributed by atoms with Gasteiger partial charge in [0.1, 0.15) is 0 Å². The molecule has 0 amide bonds. The summed E-state index contributed by atoms with van der Waals surface area (Å²) in [4.78, 5) is 4.24. The molecule has 0 aliphatic carbocycles. The molecule has 0 atom stereocenters. The third-order valence-corrected chi connectivity index (χ3v) is 2.05. The van der Waals surface area contributed by atoms with Crippen LogP contribution in [0, 0.1) is 0 Å². The molecule has 0 bridgehead atoms. The molecule has 98 valence electrons. The molecule has 3 N–H and O–H groups in total. The average molecular weight is 310 g/mol. The van der Waals surface area contributed by atoms with Gasteiger partial charge in [0.15, 0.2) is 5.96 Å². The molecule has 0 fully saturated rings. The van der Waals surface area contributed by atoms with Crippen LogP contribution in [-0.4, -0.2) is 5.96 Å². The maximum absolute atomic E-state index is 5.78. The van der Waals surface area contributed by atoms with E-state index in [9.17, 15) is 0 Å². The first-order valence-electron chi connectivity index (χ1n) is 5.06. The summed E-state index contributed by atoms with van der Waals surface area (Å²) in [5, 5.41) is 3.02. The molecule has 2 aromatic rings. The van der Waals surface area contributed by atoms with Crippen molar-refractivity contribution >= 4 is 17.3 Å². The number of halogens is 1. The van der Waals surface area contributed by atoms with E-state index in [2.05, 4.69) is 10.3 Å². The fraction of sp³-hybridized carbons (Fsp3) is 0. The van der Waals surface area contributed by atoms with E-state index in [0.29, 0.717) is 5.96 Å². The zero-order chi connectivity index (χ0) is 11.2. The van der Waals surface area contributed by atoms with Crippen LogP contribution in [0.2, 0.25) is 0 Å². The van der Waals surface area contributed by atoms with Gasteiger partial charge < -0.3 is 23.5 Å². The SMILES string of the molecule is NC(=Nc1ccccc1)Nc1ccccc1.[Cl-].[Cu+]. The Bertz CT molecular complexity index is 474. The largest absolute Gasteiger partial charge is 1.00 e. The van der Waals surface area contributed by atoms with Crippen molar-refractivity contribution in [2.45, 2.75) is 0 Å². The van der Waals surface area contributed by atoms with Crippen LogP contribution in [0.15, 0.2) is 65.7 Å². The molecule has 0 aromatic heterocycles. The van der Waals surface area contributed by atoms with Gasteiger partial charge in [0.25, 0.3) is 0 Å². The van der Waals surface area contributed by atoms with E-state index in [4.69, 9.17) is 5.73 Å². The molecule has 2 rings (SSSR count). The number of guanidine groups is 1. The molecular formula is C13H13ClCuN3. The third-order valence-electron chi connectivity index (χ3n) is 2.05. The Hall–Kier alpha value is -1.48. The molecule has 0 heterocycles. The number of hydrogen-bond acceptors (Lipinski definition) is 1. The van der Waals surface area contributed by atoms with Crippen molar-refractivity contribution in [1.29, 1.82) is 0 Å². The number of anilines is 1. The predicted molar refractivity (Wildman–Crippen MR) is 67.8 cm³/mol. The van der Waals surface area contributed by atoms with Crippen molar-refractivity contribution in [1.82, 2.24) is 0 Å².